The molecule has 0 spiro atoms. The molecule has 1 saturated heterocycles. The summed E-state index contributed by atoms with van der Waals surface area (Å²) in [7, 11) is 0. The summed E-state index contributed by atoms with van der Waals surface area (Å²) in [5.41, 5.74) is 2.55. The lowest BCUT2D eigenvalue weighted by atomic mass is 9.94. The second-order valence-electron chi connectivity index (χ2n) is 8.61. The molecule has 3 fully saturated rings. The van der Waals surface area contributed by atoms with Crippen molar-refractivity contribution >= 4 is 11.8 Å². The van der Waals surface area contributed by atoms with Crippen LogP contribution in [0.15, 0.2) is 60.7 Å². The predicted molar refractivity (Wildman–Crippen MR) is 111 cm³/mol. The minimum absolute atomic E-state index is 0.00832. The average Bonchev–Trinajstić information content (AvgIpc) is 3.65. The molecule has 6 atom stereocenters. The van der Waals surface area contributed by atoms with Crippen LogP contribution in [-0.4, -0.2) is 37.0 Å². The molecule has 2 aromatic rings. The topological polar surface area (TPSA) is 70.2 Å². The van der Waals surface area contributed by atoms with Crippen molar-refractivity contribution in [3.8, 4) is 0 Å². The summed E-state index contributed by atoms with van der Waals surface area (Å²) in [5.74, 6) is 0.240. The van der Waals surface area contributed by atoms with Crippen molar-refractivity contribution in [3.63, 3.8) is 0 Å². The molecule has 0 radical (unpaired) electrons. The van der Waals surface area contributed by atoms with Gasteiger partial charge in [0.2, 0.25) is 11.8 Å². The van der Waals surface area contributed by atoms with Gasteiger partial charge in [-0.3, -0.25) is 9.59 Å². The maximum atomic E-state index is 12.8. The molecule has 0 aromatic heterocycles. The molecule has 5 rings (SSSR count). The van der Waals surface area contributed by atoms with Crippen molar-refractivity contribution in [2.45, 2.75) is 36.8 Å². The molecule has 1 heterocycles. The zero-order chi connectivity index (χ0) is 19.8. The molecular formula is C24H27N3O2. The van der Waals surface area contributed by atoms with Crippen molar-refractivity contribution in [1.82, 2.24) is 16.0 Å². The largest absolute Gasteiger partial charge is 0.352 e. The van der Waals surface area contributed by atoms with E-state index in [1.54, 1.807) is 0 Å². The fraction of sp³-hybridized carbons (Fsp3) is 0.417. The maximum Gasteiger partial charge on any atom is 0.225 e. The van der Waals surface area contributed by atoms with Gasteiger partial charge in [-0.15, -0.1) is 0 Å². The minimum Gasteiger partial charge on any atom is -0.352 e. The van der Waals surface area contributed by atoms with Crippen molar-refractivity contribution in [1.29, 1.82) is 0 Å². The molecule has 0 bridgehead atoms. The van der Waals surface area contributed by atoms with Gasteiger partial charge in [-0.25, -0.2) is 0 Å². The van der Waals surface area contributed by atoms with E-state index in [-0.39, 0.29) is 35.7 Å². The van der Waals surface area contributed by atoms with Crippen LogP contribution in [0.3, 0.4) is 0 Å². The van der Waals surface area contributed by atoms with E-state index in [9.17, 15) is 9.59 Å². The number of carbonyl (C=O) groups excluding carboxylic acids is 2. The molecule has 2 aromatic carbocycles. The van der Waals surface area contributed by atoms with Gasteiger partial charge in [-0.2, -0.15) is 0 Å². The Morgan fingerprint density at radius 1 is 0.690 bits per heavy atom. The van der Waals surface area contributed by atoms with Crippen LogP contribution in [-0.2, 0) is 9.59 Å². The Bertz CT molecular complexity index is 812. The smallest absolute Gasteiger partial charge is 0.225 e. The third-order valence-electron chi connectivity index (χ3n) is 6.58. The number of rotatable bonds is 6. The molecule has 29 heavy (non-hydrogen) atoms. The van der Waals surface area contributed by atoms with E-state index < -0.39 is 0 Å². The summed E-state index contributed by atoms with van der Waals surface area (Å²) in [4.78, 5) is 25.7. The predicted octanol–water partition coefficient (Wildman–Crippen LogP) is 2.17. The molecule has 2 amide bonds. The van der Waals surface area contributed by atoms with Crippen LogP contribution in [0.2, 0.25) is 0 Å². The van der Waals surface area contributed by atoms with Gasteiger partial charge < -0.3 is 16.0 Å². The lowest BCUT2D eigenvalue weighted by Gasteiger charge is -2.18. The van der Waals surface area contributed by atoms with Gasteiger partial charge in [-0.1, -0.05) is 60.7 Å². The first-order valence-corrected chi connectivity index (χ1v) is 10.6. The first kappa shape index (κ1) is 18.4. The number of nitrogens with one attached hydrogen (secondary N) is 3. The maximum absolute atomic E-state index is 12.8. The van der Waals surface area contributed by atoms with Gasteiger partial charge >= 0.3 is 0 Å². The van der Waals surface area contributed by atoms with Crippen LogP contribution in [0.4, 0.5) is 0 Å². The van der Waals surface area contributed by atoms with E-state index in [1.807, 2.05) is 36.4 Å². The molecular weight excluding hydrogens is 362 g/mol. The Morgan fingerprint density at radius 3 is 1.52 bits per heavy atom. The molecule has 2 saturated carbocycles. The van der Waals surface area contributed by atoms with E-state index in [1.165, 1.54) is 11.1 Å². The number of hydrogen-bond donors (Lipinski definition) is 3. The molecule has 5 nitrogen and oxygen atoms in total. The summed E-state index contributed by atoms with van der Waals surface area (Å²) >= 11 is 0. The highest BCUT2D eigenvalue weighted by atomic mass is 16.2. The van der Waals surface area contributed by atoms with Crippen LogP contribution in [0.1, 0.15) is 35.8 Å². The van der Waals surface area contributed by atoms with Crippen molar-refractivity contribution in [3.05, 3.63) is 71.8 Å². The van der Waals surface area contributed by atoms with E-state index >= 15 is 0 Å². The lowest BCUT2D eigenvalue weighted by Crippen LogP contribution is -2.43. The zero-order valence-corrected chi connectivity index (χ0v) is 16.4. The molecule has 2 aliphatic carbocycles. The van der Waals surface area contributed by atoms with Crippen LogP contribution in [0.5, 0.6) is 0 Å². The van der Waals surface area contributed by atoms with Gasteiger partial charge in [-0.05, 0) is 24.0 Å². The van der Waals surface area contributed by atoms with E-state index in [2.05, 4.69) is 40.2 Å². The number of amides is 2. The molecule has 3 N–H and O–H groups in total. The highest BCUT2D eigenvalue weighted by Crippen LogP contribution is 2.42. The Labute approximate surface area is 171 Å². The third kappa shape index (κ3) is 3.92. The van der Waals surface area contributed by atoms with Gasteiger partial charge in [0.15, 0.2) is 0 Å². The zero-order valence-electron chi connectivity index (χ0n) is 16.4. The first-order valence-electron chi connectivity index (χ1n) is 10.6. The Morgan fingerprint density at radius 2 is 1.10 bits per heavy atom. The third-order valence-corrected chi connectivity index (χ3v) is 6.58. The molecule has 3 aliphatic rings. The van der Waals surface area contributed by atoms with Gasteiger partial charge in [0, 0.05) is 37.0 Å². The van der Waals surface area contributed by atoms with Crippen LogP contribution < -0.4 is 16.0 Å². The van der Waals surface area contributed by atoms with Crippen molar-refractivity contribution in [2.75, 3.05) is 13.1 Å². The summed E-state index contributed by atoms with van der Waals surface area (Å²) in [5, 5.41) is 9.58. The highest BCUT2D eigenvalue weighted by Gasteiger charge is 2.46. The van der Waals surface area contributed by atoms with Crippen molar-refractivity contribution < 1.29 is 9.59 Å². The van der Waals surface area contributed by atoms with Gasteiger partial charge in [0.25, 0.3) is 0 Å². The molecule has 0 unspecified atom stereocenters. The number of carbonyl (C=O) groups is 2. The summed E-state index contributed by atoms with van der Waals surface area (Å²) < 4.78 is 0. The molecule has 1 aliphatic heterocycles. The average molecular weight is 389 g/mol. The fourth-order valence-corrected chi connectivity index (χ4v) is 4.66. The first-order chi connectivity index (χ1) is 14.2. The Kier molecular flexibility index (Phi) is 4.84. The van der Waals surface area contributed by atoms with Gasteiger partial charge in [0.05, 0.1) is 11.8 Å². The standard InChI is InChI=1S/C24H27N3O2/c28-23(26-21-11-17(21)15-7-3-1-4-8-15)19-13-25-14-20(19)24(29)27-22-12-18(22)16-9-5-2-6-10-16/h1-10,17-22,25H,11-14H2,(H,26,28)(H,27,29)/t17-,18-,19-,20-,21+,22+/m1/s1. The fourth-order valence-electron chi connectivity index (χ4n) is 4.66. The Balaban J connectivity index is 1.14. The molecule has 150 valence electrons. The number of hydrogen-bond acceptors (Lipinski definition) is 3. The second-order valence-corrected chi connectivity index (χ2v) is 8.61. The SMILES string of the molecule is O=C(N[C@H]1C[C@@H]1c1ccccc1)[C@@H]1CNC[C@H]1C(=O)N[C@H]1C[C@@H]1c1ccccc1. The number of benzene rings is 2. The second kappa shape index (κ2) is 7.64. The molecule has 5 heteroatoms. The monoisotopic (exact) mass is 389 g/mol. The normalized spacial score (nSPS) is 32.4. The summed E-state index contributed by atoms with van der Waals surface area (Å²) in [6, 6.07) is 21.0. The minimum atomic E-state index is -0.291. The lowest BCUT2D eigenvalue weighted by molar-refractivity contribution is -0.133. The van der Waals surface area contributed by atoms with Crippen LogP contribution in [0, 0.1) is 11.8 Å². The van der Waals surface area contributed by atoms with Gasteiger partial charge in [0.1, 0.15) is 0 Å². The Hall–Kier alpha value is -2.66. The quantitative estimate of drug-likeness (QED) is 0.709. The summed E-state index contributed by atoms with van der Waals surface area (Å²) in [6.07, 6.45) is 1.96. The van der Waals surface area contributed by atoms with Crippen LogP contribution in [0.25, 0.3) is 0 Å². The highest BCUT2D eigenvalue weighted by molar-refractivity contribution is 5.89. The van der Waals surface area contributed by atoms with Crippen LogP contribution >= 0.6 is 0 Å². The summed E-state index contributed by atoms with van der Waals surface area (Å²) in [6.45, 7) is 1.14. The van der Waals surface area contributed by atoms with Crippen molar-refractivity contribution in [2.24, 2.45) is 11.8 Å². The van der Waals surface area contributed by atoms with E-state index in [0.717, 1.165) is 12.8 Å². The van der Waals surface area contributed by atoms with E-state index in [4.69, 9.17) is 0 Å². The van der Waals surface area contributed by atoms with E-state index in [0.29, 0.717) is 24.9 Å².